The lowest BCUT2D eigenvalue weighted by Crippen LogP contribution is -2.45. The van der Waals surface area contributed by atoms with Crippen molar-refractivity contribution < 1.29 is 13.2 Å². The number of carbonyl (C=O) groups is 1. The Hall–Kier alpha value is -1.57. The average Bonchev–Trinajstić information content (AvgIpc) is 2.51. The van der Waals surface area contributed by atoms with E-state index in [0.717, 1.165) is 20.6 Å². The summed E-state index contributed by atoms with van der Waals surface area (Å²) in [4.78, 5) is 12.6. The largest absolute Gasteiger partial charge is 0.324 e. The summed E-state index contributed by atoms with van der Waals surface area (Å²) in [7, 11) is -3.66. The van der Waals surface area contributed by atoms with Crippen molar-refractivity contribution in [3.05, 3.63) is 57.5 Å². The van der Waals surface area contributed by atoms with Gasteiger partial charge in [-0.1, -0.05) is 27.5 Å². The molecular weight excluding hydrogens is 428 g/mol. The molecule has 0 bridgehead atoms. The first kappa shape index (κ1) is 19.8. The molecule has 0 heterocycles. The molecule has 0 aliphatic carbocycles. The summed E-state index contributed by atoms with van der Waals surface area (Å²) < 4.78 is 26.4. The Morgan fingerprint density at radius 2 is 1.80 bits per heavy atom. The predicted molar refractivity (Wildman–Crippen MR) is 106 cm³/mol. The first-order chi connectivity index (χ1) is 11.6. The summed E-state index contributed by atoms with van der Waals surface area (Å²) in [5.41, 5.74) is 1.94. The molecule has 0 spiro atoms. The second kappa shape index (κ2) is 7.76. The zero-order valence-electron chi connectivity index (χ0n) is 14.0. The van der Waals surface area contributed by atoms with Crippen LogP contribution in [0.2, 0.25) is 5.02 Å². The van der Waals surface area contributed by atoms with Crippen LogP contribution in [-0.2, 0) is 14.8 Å². The average molecular weight is 446 g/mol. The summed E-state index contributed by atoms with van der Waals surface area (Å²) in [6.07, 6.45) is 1.06. The molecule has 8 heteroatoms. The van der Waals surface area contributed by atoms with Crippen LogP contribution in [0.1, 0.15) is 12.5 Å². The van der Waals surface area contributed by atoms with Gasteiger partial charge in [0.1, 0.15) is 6.04 Å². The fourth-order valence-electron chi connectivity index (χ4n) is 2.37. The topological polar surface area (TPSA) is 66.5 Å². The molecule has 2 rings (SSSR count). The van der Waals surface area contributed by atoms with E-state index >= 15 is 0 Å². The number of hydrogen-bond donors (Lipinski definition) is 1. The molecule has 0 fully saturated rings. The van der Waals surface area contributed by atoms with Gasteiger partial charge in [0.25, 0.3) is 0 Å². The van der Waals surface area contributed by atoms with Gasteiger partial charge in [-0.2, -0.15) is 0 Å². The van der Waals surface area contributed by atoms with Gasteiger partial charge in [0.05, 0.1) is 11.9 Å². The van der Waals surface area contributed by atoms with E-state index in [9.17, 15) is 13.2 Å². The second-order valence-corrected chi connectivity index (χ2v) is 8.81. The minimum Gasteiger partial charge on any atom is -0.324 e. The number of benzene rings is 2. The van der Waals surface area contributed by atoms with E-state index in [1.807, 2.05) is 19.1 Å². The van der Waals surface area contributed by atoms with Gasteiger partial charge in [0, 0.05) is 15.2 Å². The third kappa shape index (κ3) is 4.96. The number of anilines is 2. The van der Waals surface area contributed by atoms with Crippen LogP contribution in [0.5, 0.6) is 0 Å². The summed E-state index contributed by atoms with van der Waals surface area (Å²) in [5.74, 6) is -0.429. The van der Waals surface area contributed by atoms with Gasteiger partial charge in [-0.3, -0.25) is 9.10 Å². The van der Waals surface area contributed by atoms with Crippen LogP contribution < -0.4 is 9.62 Å². The molecule has 0 saturated heterocycles. The highest BCUT2D eigenvalue weighted by atomic mass is 79.9. The summed E-state index contributed by atoms with van der Waals surface area (Å²) >= 11 is 9.26. The molecule has 1 atom stereocenters. The molecule has 1 N–H and O–H groups in total. The Balaban J connectivity index is 2.29. The minimum atomic E-state index is -3.66. The van der Waals surface area contributed by atoms with E-state index in [4.69, 9.17) is 11.6 Å². The molecule has 0 aromatic heterocycles. The van der Waals surface area contributed by atoms with Crippen LogP contribution in [0.15, 0.2) is 46.9 Å². The van der Waals surface area contributed by atoms with Crippen LogP contribution in [0.4, 0.5) is 11.4 Å². The van der Waals surface area contributed by atoms with Crippen molar-refractivity contribution in [2.75, 3.05) is 15.9 Å². The molecule has 134 valence electrons. The number of amides is 1. The number of aryl methyl sites for hydroxylation is 1. The first-order valence-corrected chi connectivity index (χ1v) is 10.4. The zero-order chi connectivity index (χ0) is 18.8. The Bertz CT molecular complexity index is 885. The molecule has 5 nitrogen and oxygen atoms in total. The van der Waals surface area contributed by atoms with E-state index in [1.54, 1.807) is 30.3 Å². The standard InChI is InChI=1S/C17H18BrClN2O3S/c1-11-10-14(6-9-16(11)18)20-17(22)12(2)21(25(3,23)24)15-7-4-13(19)5-8-15/h4-10,12H,1-3H3,(H,20,22)/t12-/m0/s1. The number of carbonyl (C=O) groups excluding carboxylic acids is 1. The lowest BCUT2D eigenvalue weighted by Gasteiger charge is -2.28. The van der Waals surface area contributed by atoms with Gasteiger partial charge in [0.15, 0.2) is 0 Å². The normalized spacial score (nSPS) is 12.5. The van der Waals surface area contributed by atoms with Crippen LogP contribution >= 0.6 is 27.5 Å². The lowest BCUT2D eigenvalue weighted by atomic mass is 10.2. The SMILES string of the molecule is Cc1cc(NC(=O)[C@H](C)N(c2ccc(Cl)cc2)S(C)(=O)=O)ccc1Br. The number of halogens is 2. The maximum atomic E-state index is 12.6. The molecule has 0 aliphatic heterocycles. The molecule has 0 unspecified atom stereocenters. The summed E-state index contributed by atoms with van der Waals surface area (Å²) in [5, 5.41) is 3.24. The molecule has 0 radical (unpaired) electrons. The number of hydrogen-bond acceptors (Lipinski definition) is 3. The number of sulfonamides is 1. The molecule has 0 aliphatic rings. The predicted octanol–water partition coefficient (Wildman–Crippen LogP) is 4.20. The van der Waals surface area contributed by atoms with Crippen molar-refractivity contribution in [3.8, 4) is 0 Å². The van der Waals surface area contributed by atoms with Crippen LogP contribution in [0, 0.1) is 6.92 Å². The third-order valence-electron chi connectivity index (χ3n) is 3.60. The fraction of sp³-hybridized carbons (Fsp3) is 0.235. The Kier molecular flexibility index (Phi) is 6.13. The van der Waals surface area contributed by atoms with Crippen molar-refractivity contribution in [1.82, 2.24) is 0 Å². The van der Waals surface area contributed by atoms with Gasteiger partial charge in [-0.25, -0.2) is 8.42 Å². The Labute approximate surface area is 161 Å². The highest BCUT2D eigenvalue weighted by Crippen LogP contribution is 2.24. The van der Waals surface area contributed by atoms with Gasteiger partial charge >= 0.3 is 0 Å². The number of rotatable bonds is 5. The number of nitrogens with one attached hydrogen (secondary N) is 1. The Morgan fingerprint density at radius 1 is 1.20 bits per heavy atom. The summed E-state index contributed by atoms with van der Waals surface area (Å²) in [6, 6.07) is 10.7. The molecular formula is C17H18BrClN2O3S. The molecule has 1 amide bonds. The van der Waals surface area contributed by atoms with Crippen molar-refractivity contribution >= 4 is 54.8 Å². The minimum absolute atomic E-state index is 0.376. The van der Waals surface area contributed by atoms with Crippen molar-refractivity contribution in [2.24, 2.45) is 0 Å². The van der Waals surface area contributed by atoms with Gasteiger partial charge < -0.3 is 5.32 Å². The van der Waals surface area contributed by atoms with Crippen molar-refractivity contribution in [1.29, 1.82) is 0 Å². The van der Waals surface area contributed by atoms with Crippen LogP contribution in [-0.4, -0.2) is 26.6 Å². The lowest BCUT2D eigenvalue weighted by molar-refractivity contribution is -0.116. The Morgan fingerprint density at radius 3 is 2.32 bits per heavy atom. The molecule has 2 aromatic rings. The quantitative estimate of drug-likeness (QED) is 0.750. The highest BCUT2D eigenvalue weighted by molar-refractivity contribution is 9.10. The van der Waals surface area contributed by atoms with E-state index in [1.165, 1.54) is 6.92 Å². The third-order valence-corrected chi connectivity index (χ3v) is 5.98. The fourth-order valence-corrected chi connectivity index (χ4v) is 3.91. The van der Waals surface area contributed by atoms with E-state index < -0.39 is 22.0 Å². The maximum Gasteiger partial charge on any atom is 0.247 e. The zero-order valence-corrected chi connectivity index (χ0v) is 17.1. The smallest absolute Gasteiger partial charge is 0.247 e. The monoisotopic (exact) mass is 444 g/mol. The van der Waals surface area contributed by atoms with E-state index in [-0.39, 0.29) is 0 Å². The highest BCUT2D eigenvalue weighted by Gasteiger charge is 2.29. The summed E-state index contributed by atoms with van der Waals surface area (Å²) in [6.45, 7) is 3.44. The van der Waals surface area contributed by atoms with Gasteiger partial charge in [0.2, 0.25) is 15.9 Å². The molecule has 0 saturated carbocycles. The molecule has 25 heavy (non-hydrogen) atoms. The van der Waals surface area contributed by atoms with E-state index in [2.05, 4.69) is 21.2 Å². The van der Waals surface area contributed by atoms with Crippen molar-refractivity contribution in [3.63, 3.8) is 0 Å². The van der Waals surface area contributed by atoms with Gasteiger partial charge in [-0.15, -0.1) is 0 Å². The maximum absolute atomic E-state index is 12.6. The van der Waals surface area contributed by atoms with Crippen molar-refractivity contribution in [2.45, 2.75) is 19.9 Å². The number of nitrogens with zero attached hydrogens (tertiary/aromatic N) is 1. The second-order valence-electron chi connectivity index (χ2n) is 5.66. The van der Waals surface area contributed by atoms with E-state index in [0.29, 0.717) is 16.4 Å². The first-order valence-electron chi connectivity index (χ1n) is 7.41. The van der Waals surface area contributed by atoms with Gasteiger partial charge in [-0.05, 0) is 61.9 Å². The van der Waals surface area contributed by atoms with Crippen LogP contribution in [0.25, 0.3) is 0 Å². The van der Waals surface area contributed by atoms with Crippen LogP contribution in [0.3, 0.4) is 0 Å². The molecule has 2 aromatic carbocycles.